The fourth-order valence-corrected chi connectivity index (χ4v) is 3.73. The number of benzene rings is 1. The maximum absolute atomic E-state index is 13.0. The number of carbonyl (C=O) groups is 2. The number of para-hydroxylation sites is 1. The second-order valence-corrected chi connectivity index (χ2v) is 7.04. The first-order valence-electron chi connectivity index (χ1n) is 9.03. The highest BCUT2D eigenvalue weighted by molar-refractivity contribution is 6.05. The highest BCUT2D eigenvalue weighted by atomic mass is 16.2. The van der Waals surface area contributed by atoms with Gasteiger partial charge in [0.15, 0.2) is 0 Å². The molecule has 4 rings (SSSR count). The maximum atomic E-state index is 13.0. The Morgan fingerprint density at radius 2 is 2.19 bits per heavy atom. The summed E-state index contributed by atoms with van der Waals surface area (Å²) in [5, 5.41) is 15.0. The van der Waals surface area contributed by atoms with Gasteiger partial charge in [0.05, 0.1) is 35.9 Å². The Balaban J connectivity index is 1.43. The van der Waals surface area contributed by atoms with Crippen LogP contribution in [-0.2, 0) is 18.3 Å². The van der Waals surface area contributed by atoms with E-state index in [1.165, 1.54) is 0 Å². The quantitative estimate of drug-likeness (QED) is 0.727. The first-order chi connectivity index (χ1) is 13.0. The Bertz CT molecular complexity index is 991. The Kier molecular flexibility index (Phi) is 4.39. The minimum atomic E-state index is -0.0754. The molecule has 1 aromatic carbocycles. The highest BCUT2D eigenvalue weighted by Gasteiger charge is 2.35. The van der Waals surface area contributed by atoms with Crippen molar-refractivity contribution in [1.29, 1.82) is 0 Å². The van der Waals surface area contributed by atoms with Gasteiger partial charge >= 0.3 is 0 Å². The molecule has 0 bridgehead atoms. The summed E-state index contributed by atoms with van der Waals surface area (Å²) >= 11 is 0. The Morgan fingerprint density at radius 1 is 1.33 bits per heavy atom. The fraction of sp³-hybridized carbons (Fsp3) is 0.368. The van der Waals surface area contributed by atoms with Gasteiger partial charge in [0.1, 0.15) is 0 Å². The van der Waals surface area contributed by atoms with E-state index in [0.717, 1.165) is 22.9 Å². The van der Waals surface area contributed by atoms with Crippen LogP contribution in [0, 0.1) is 0 Å². The second-order valence-electron chi connectivity index (χ2n) is 7.04. The van der Waals surface area contributed by atoms with E-state index >= 15 is 0 Å². The fourth-order valence-electron chi connectivity index (χ4n) is 3.73. The number of aromatic nitrogens is 4. The van der Waals surface area contributed by atoms with E-state index in [2.05, 4.69) is 20.6 Å². The number of fused-ring (bicyclic) bond motifs is 1. The van der Waals surface area contributed by atoms with Gasteiger partial charge in [0.2, 0.25) is 5.91 Å². The van der Waals surface area contributed by atoms with Gasteiger partial charge in [0, 0.05) is 31.2 Å². The van der Waals surface area contributed by atoms with Crippen molar-refractivity contribution >= 4 is 22.7 Å². The van der Waals surface area contributed by atoms with Crippen molar-refractivity contribution in [3.05, 3.63) is 47.9 Å². The van der Waals surface area contributed by atoms with Crippen LogP contribution in [0.3, 0.4) is 0 Å². The van der Waals surface area contributed by atoms with Crippen molar-refractivity contribution in [2.75, 3.05) is 6.54 Å². The SMILES string of the molecule is C[C@@H]1[C@@H](NC(=O)Cc2cnn(C)c2)CCN1C(=O)c1cccc2cn[nH]c12. The average Bonchev–Trinajstić information content (AvgIpc) is 3.35. The number of aromatic amines is 1. The standard InChI is InChI=1S/C19H22N6O2/c1-12-16(22-17(26)8-13-9-21-24(2)11-13)6-7-25(12)19(27)15-5-3-4-14-10-20-23-18(14)15/h3-5,9-12,16H,6-8H2,1-2H3,(H,20,23)(H,22,26)/t12-,16+/m1/s1. The van der Waals surface area contributed by atoms with Crippen molar-refractivity contribution < 1.29 is 9.59 Å². The van der Waals surface area contributed by atoms with Crippen LogP contribution < -0.4 is 5.32 Å². The zero-order chi connectivity index (χ0) is 19.0. The van der Waals surface area contributed by atoms with Crippen molar-refractivity contribution in [3.8, 4) is 0 Å². The lowest BCUT2D eigenvalue weighted by atomic mass is 10.1. The van der Waals surface area contributed by atoms with Crippen molar-refractivity contribution in [2.45, 2.75) is 31.8 Å². The molecular formula is C19H22N6O2. The van der Waals surface area contributed by atoms with Gasteiger partial charge in [-0.1, -0.05) is 12.1 Å². The van der Waals surface area contributed by atoms with E-state index < -0.39 is 0 Å². The summed E-state index contributed by atoms with van der Waals surface area (Å²) < 4.78 is 1.68. The number of rotatable bonds is 4. The van der Waals surface area contributed by atoms with Crippen LogP contribution in [0.4, 0.5) is 0 Å². The summed E-state index contributed by atoms with van der Waals surface area (Å²) in [6.07, 6.45) is 6.27. The molecule has 0 aliphatic carbocycles. The number of hydrogen-bond donors (Lipinski definition) is 2. The minimum absolute atomic E-state index is 0.0404. The molecule has 1 saturated heterocycles. The molecule has 0 spiro atoms. The van der Waals surface area contributed by atoms with Gasteiger partial charge in [0.25, 0.3) is 5.91 Å². The molecule has 1 aliphatic rings. The van der Waals surface area contributed by atoms with E-state index in [1.807, 2.05) is 43.3 Å². The third-order valence-electron chi connectivity index (χ3n) is 5.19. The van der Waals surface area contributed by atoms with Crippen LogP contribution in [0.1, 0.15) is 29.3 Å². The van der Waals surface area contributed by atoms with Crippen molar-refractivity contribution in [3.63, 3.8) is 0 Å². The monoisotopic (exact) mass is 366 g/mol. The third kappa shape index (κ3) is 3.30. The highest BCUT2D eigenvalue weighted by Crippen LogP contribution is 2.24. The van der Waals surface area contributed by atoms with E-state index in [4.69, 9.17) is 0 Å². The summed E-state index contributed by atoms with van der Waals surface area (Å²) in [6.45, 7) is 2.59. The third-order valence-corrected chi connectivity index (χ3v) is 5.19. The average molecular weight is 366 g/mol. The predicted molar refractivity (Wildman–Crippen MR) is 100 cm³/mol. The maximum Gasteiger partial charge on any atom is 0.256 e. The molecule has 3 heterocycles. The summed E-state index contributed by atoms with van der Waals surface area (Å²) in [5.41, 5.74) is 2.23. The lowest BCUT2D eigenvalue weighted by Gasteiger charge is -2.25. The zero-order valence-electron chi connectivity index (χ0n) is 15.3. The van der Waals surface area contributed by atoms with E-state index in [0.29, 0.717) is 18.5 Å². The number of carbonyl (C=O) groups excluding carboxylic acids is 2. The number of aryl methyl sites for hydroxylation is 1. The Hall–Kier alpha value is -3.16. The molecule has 0 saturated carbocycles. The van der Waals surface area contributed by atoms with Gasteiger partial charge in [-0.3, -0.25) is 19.4 Å². The molecule has 8 nitrogen and oxygen atoms in total. The molecule has 0 unspecified atom stereocenters. The number of hydrogen-bond acceptors (Lipinski definition) is 4. The molecule has 2 atom stereocenters. The molecular weight excluding hydrogens is 344 g/mol. The van der Waals surface area contributed by atoms with Crippen LogP contribution in [-0.4, -0.2) is 55.3 Å². The van der Waals surface area contributed by atoms with E-state index in [9.17, 15) is 9.59 Å². The number of nitrogens with zero attached hydrogens (tertiary/aromatic N) is 4. The molecule has 0 radical (unpaired) electrons. The topological polar surface area (TPSA) is 95.9 Å². The minimum Gasteiger partial charge on any atom is -0.351 e. The second kappa shape index (κ2) is 6.86. The zero-order valence-corrected chi connectivity index (χ0v) is 15.3. The number of nitrogens with one attached hydrogen (secondary N) is 2. The molecule has 2 aromatic heterocycles. The summed E-state index contributed by atoms with van der Waals surface area (Å²) in [6, 6.07) is 5.46. The molecule has 3 aromatic rings. The van der Waals surface area contributed by atoms with Gasteiger partial charge < -0.3 is 10.2 Å². The first kappa shape index (κ1) is 17.3. The number of amides is 2. The lowest BCUT2D eigenvalue weighted by molar-refractivity contribution is -0.121. The summed E-state index contributed by atoms with van der Waals surface area (Å²) in [7, 11) is 1.82. The van der Waals surface area contributed by atoms with Crippen LogP contribution >= 0.6 is 0 Å². The smallest absolute Gasteiger partial charge is 0.256 e. The summed E-state index contributed by atoms with van der Waals surface area (Å²) in [4.78, 5) is 27.2. The Labute approximate surface area is 156 Å². The predicted octanol–water partition coefficient (Wildman–Crippen LogP) is 1.26. The van der Waals surface area contributed by atoms with Crippen LogP contribution in [0.2, 0.25) is 0 Å². The first-order valence-corrected chi connectivity index (χ1v) is 9.03. The van der Waals surface area contributed by atoms with Gasteiger partial charge in [-0.25, -0.2) is 0 Å². The number of H-pyrrole nitrogens is 1. The molecule has 140 valence electrons. The normalized spacial score (nSPS) is 19.6. The van der Waals surface area contributed by atoms with E-state index in [1.54, 1.807) is 17.1 Å². The van der Waals surface area contributed by atoms with Crippen LogP contribution in [0.5, 0.6) is 0 Å². The van der Waals surface area contributed by atoms with Gasteiger partial charge in [-0.05, 0) is 25.0 Å². The van der Waals surface area contributed by atoms with Crippen LogP contribution in [0.25, 0.3) is 10.9 Å². The molecule has 27 heavy (non-hydrogen) atoms. The van der Waals surface area contributed by atoms with Gasteiger partial charge in [-0.15, -0.1) is 0 Å². The largest absolute Gasteiger partial charge is 0.351 e. The van der Waals surface area contributed by atoms with Crippen molar-refractivity contribution in [2.24, 2.45) is 7.05 Å². The Morgan fingerprint density at radius 3 is 2.96 bits per heavy atom. The number of likely N-dealkylation sites (tertiary alicyclic amines) is 1. The lowest BCUT2D eigenvalue weighted by Crippen LogP contribution is -2.45. The van der Waals surface area contributed by atoms with Crippen LogP contribution in [0.15, 0.2) is 36.8 Å². The molecule has 2 N–H and O–H groups in total. The van der Waals surface area contributed by atoms with E-state index in [-0.39, 0.29) is 23.9 Å². The molecule has 8 heteroatoms. The summed E-state index contributed by atoms with van der Waals surface area (Å²) in [5.74, 6) is -0.0915. The van der Waals surface area contributed by atoms with Crippen molar-refractivity contribution in [1.82, 2.24) is 30.2 Å². The van der Waals surface area contributed by atoms with Gasteiger partial charge in [-0.2, -0.15) is 10.2 Å². The molecule has 1 fully saturated rings. The molecule has 1 aliphatic heterocycles. The molecule has 2 amide bonds.